The molecule has 1 aromatic rings. The first kappa shape index (κ1) is 19.5. The molecule has 3 aliphatic rings. The molecule has 0 radical (unpaired) electrons. The van der Waals surface area contributed by atoms with E-state index >= 15 is 0 Å². The van der Waals surface area contributed by atoms with E-state index in [-0.39, 0.29) is 11.4 Å². The lowest BCUT2D eigenvalue weighted by Gasteiger charge is -2.50. The molecular weight excluding hydrogens is 352 g/mol. The molecule has 0 heterocycles. The smallest absolute Gasteiger partial charge is 0.305 e. The van der Waals surface area contributed by atoms with Crippen molar-refractivity contribution in [2.24, 2.45) is 23.2 Å². The topological polar surface area (TPSA) is 63.6 Å². The van der Waals surface area contributed by atoms with Gasteiger partial charge >= 0.3 is 5.97 Å². The molecule has 5 atom stereocenters. The number of carbonyl (C=O) groups excluding carboxylic acids is 2. The lowest BCUT2D eigenvalue weighted by Crippen LogP contribution is -2.44. The molecule has 0 saturated heterocycles. The Morgan fingerprint density at radius 3 is 2.93 bits per heavy atom. The maximum Gasteiger partial charge on any atom is 0.305 e. The first-order chi connectivity index (χ1) is 13.4. The van der Waals surface area contributed by atoms with Gasteiger partial charge in [0.05, 0.1) is 6.61 Å². The molecule has 0 amide bonds. The van der Waals surface area contributed by atoms with E-state index in [4.69, 9.17) is 4.74 Å². The van der Waals surface area contributed by atoms with Gasteiger partial charge in [-0.25, -0.2) is 0 Å². The molecule has 1 unspecified atom stereocenters. The maximum atomic E-state index is 13.0. The molecule has 3 aliphatic carbocycles. The van der Waals surface area contributed by atoms with Gasteiger partial charge in [0.2, 0.25) is 0 Å². The molecule has 1 aromatic carbocycles. The summed E-state index contributed by atoms with van der Waals surface area (Å²) in [5.74, 6) is 2.51. The Morgan fingerprint density at radius 1 is 1.32 bits per heavy atom. The zero-order chi connectivity index (χ0) is 19.9. The van der Waals surface area contributed by atoms with Crippen molar-refractivity contribution in [3.63, 3.8) is 0 Å². The molecular formula is C24H32O4. The minimum absolute atomic E-state index is 0.123. The number of aryl methyl sites for hydroxylation is 1. The summed E-state index contributed by atoms with van der Waals surface area (Å²) in [6, 6.07) is 5.85. The molecule has 2 saturated carbocycles. The average Bonchev–Trinajstić information content (AvgIpc) is 2.92. The van der Waals surface area contributed by atoms with Crippen molar-refractivity contribution in [3.05, 3.63) is 29.3 Å². The van der Waals surface area contributed by atoms with Crippen LogP contribution in [0.2, 0.25) is 0 Å². The van der Waals surface area contributed by atoms with Crippen molar-refractivity contribution in [1.82, 2.24) is 0 Å². The number of ether oxygens (including phenoxy) is 1. The van der Waals surface area contributed by atoms with Crippen LogP contribution in [-0.4, -0.2) is 23.5 Å². The van der Waals surface area contributed by atoms with E-state index < -0.39 is 0 Å². The average molecular weight is 385 g/mol. The normalized spacial score (nSPS) is 33.7. The number of phenolic OH excluding ortho intramolecular Hbond substituents is 1. The number of carbonyl (C=O) groups is 2. The minimum atomic E-state index is -0.190. The summed E-state index contributed by atoms with van der Waals surface area (Å²) in [7, 11) is 0. The van der Waals surface area contributed by atoms with Crippen LogP contribution in [0.1, 0.15) is 75.8 Å². The number of ketones is 1. The Morgan fingerprint density at radius 2 is 2.14 bits per heavy atom. The van der Waals surface area contributed by atoms with Crippen LogP contribution < -0.4 is 0 Å². The van der Waals surface area contributed by atoms with Crippen molar-refractivity contribution in [1.29, 1.82) is 0 Å². The van der Waals surface area contributed by atoms with E-state index in [1.807, 2.05) is 19.1 Å². The van der Waals surface area contributed by atoms with Crippen molar-refractivity contribution >= 4 is 11.8 Å². The van der Waals surface area contributed by atoms with Crippen LogP contribution in [0.15, 0.2) is 18.2 Å². The van der Waals surface area contributed by atoms with Crippen LogP contribution in [-0.2, 0) is 20.7 Å². The van der Waals surface area contributed by atoms with Crippen molar-refractivity contribution in [3.8, 4) is 5.75 Å². The number of hydrogen-bond donors (Lipinski definition) is 1. The van der Waals surface area contributed by atoms with Crippen molar-refractivity contribution in [2.75, 3.05) is 6.61 Å². The van der Waals surface area contributed by atoms with E-state index in [0.717, 1.165) is 38.5 Å². The second-order valence-corrected chi connectivity index (χ2v) is 9.26. The van der Waals surface area contributed by atoms with Gasteiger partial charge in [-0.15, -0.1) is 0 Å². The Hall–Kier alpha value is -1.84. The number of benzene rings is 1. The number of fused-ring (bicyclic) bond motifs is 5. The lowest BCUT2D eigenvalue weighted by atomic mass is 9.54. The number of esters is 1. The summed E-state index contributed by atoms with van der Waals surface area (Å²) in [6.45, 7) is 4.47. The monoisotopic (exact) mass is 384 g/mol. The highest BCUT2D eigenvalue weighted by atomic mass is 16.5. The summed E-state index contributed by atoms with van der Waals surface area (Å²) in [4.78, 5) is 24.7. The highest BCUT2D eigenvalue weighted by Gasteiger charge is 2.58. The summed E-state index contributed by atoms with van der Waals surface area (Å²) in [5, 5.41) is 9.85. The van der Waals surface area contributed by atoms with E-state index in [1.54, 1.807) is 0 Å². The highest BCUT2D eigenvalue weighted by molar-refractivity contribution is 5.87. The number of phenols is 1. The zero-order valence-electron chi connectivity index (χ0n) is 17.1. The zero-order valence-corrected chi connectivity index (χ0v) is 17.1. The van der Waals surface area contributed by atoms with Crippen LogP contribution >= 0.6 is 0 Å². The third-order valence-corrected chi connectivity index (χ3v) is 7.82. The maximum absolute atomic E-state index is 13.0. The predicted molar refractivity (Wildman–Crippen MR) is 107 cm³/mol. The lowest BCUT2D eigenvalue weighted by molar-refractivity contribution is -0.143. The van der Waals surface area contributed by atoms with Gasteiger partial charge in [0.15, 0.2) is 0 Å². The Bertz CT molecular complexity index is 770. The summed E-state index contributed by atoms with van der Waals surface area (Å²) < 4.78 is 5.06. The number of aromatic hydroxyl groups is 1. The third-order valence-electron chi connectivity index (χ3n) is 7.82. The van der Waals surface area contributed by atoms with Crippen LogP contribution in [0.25, 0.3) is 0 Å². The number of rotatable bonds is 5. The fourth-order valence-corrected chi connectivity index (χ4v) is 6.64. The highest BCUT2D eigenvalue weighted by Crippen LogP contribution is 2.62. The van der Waals surface area contributed by atoms with E-state index in [2.05, 4.69) is 13.0 Å². The van der Waals surface area contributed by atoms with Crippen LogP contribution in [0.3, 0.4) is 0 Å². The van der Waals surface area contributed by atoms with Gasteiger partial charge in [0.1, 0.15) is 11.5 Å². The van der Waals surface area contributed by atoms with Gasteiger partial charge in [-0.3, -0.25) is 9.59 Å². The van der Waals surface area contributed by atoms with Crippen molar-refractivity contribution < 1.29 is 19.4 Å². The van der Waals surface area contributed by atoms with Gasteiger partial charge < -0.3 is 9.84 Å². The molecule has 4 rings (SSSR count). The van der Waals surface area contributed by atoms with E-state index in [0.29, 0.717) is 54.7 Å². The summed E-state index contributed by atoms with van der Waals surface area (Å²) >= 11 is 0. The molecule has 28 heavy (non-hydrogen) atoms. The number of hydrogen-bond acceptors (Lipinski definition) is 4. The Balaban J connectivity index is 1.53. The fraction of sp³-hybridized carbons (Fsp3) is 0.667. The summed E-state index contributed by atoms with van der Waals surface area (Å²) in [5.41, 5.74) is 2.48. The third kappa shape index (κ3) is 3.25. The van der Waals surface area contributed by atoms with Gasteiger partial charge in [0.25, 0.3) is 0 Å². The van der Waals surface area contributed by atoms with Crippen molar-refractivity contribution in [2.45, 2.75) is 71.1 Å². The standard InChI is InChI=1S/C24H32O4/c1-3-28-22(27)6-4-5-16-14-21(26)24(2)12-11-19-18-10-8-17(25)13-15(18)7-9-20(19)23(16)24/h8,10,13,16,19-20,23,25H,3-7,9,11-12,14H2,1-2H3/t16?,19-,20-,23+,24-/m1/s1. The Labute approximate surface area is 167 Å². The molecule has 0 spiro atoms. The van der Waals surface area contributed by atoms with Gasteiger partial charge in [0, 0.05) is 18.3 Å². The van der Waals surface area contributed by atoms with Gasteiger partial charge in [-0.05, 0) is 92.4 Å². The quantitative estimate of drug-likeness (QED) is 0.742. The van der Waals surface area contributed by atoms with E-state index in [1.165, 1.54) is 11.1 Å². The predicted octanol–water partition coefficient (Wildman–Crippen LogP) is 4.78. The van der Waals surface area contributed by atoms with Gasteiger partial charge in [-0.1, -0.05) is 13.0 Å². The minimum Gasteiger partial charge on any atom is -0.508 e. The second-order valence-electron chi connectivity index (χ2n) is 9.26. The molecule has 2 fully saturated rings. The molecule has 1 N–H and O–H groups in total. The second kappa shape index (κ2) is 7.53. The molecule has 4 nitrogen and oxygen atoms in total. The Kier molecular flexibility index (Phi) is 5.24. The molecule has 0 bridgehead atoms. The molecule has 4 heteroatoms. The first-order valence-corrected chi connectivity index (χ1v) is 10.9. The van der Waals surface area contributed by atoms with Crippen LogP contribution in [0.4, 0.5) is 0 Å². The first-order valence-electron chi connectivity index (χ1n) is 10.9. The molecule has 0 aromatic heterocycles. The largest absolute Gasteiger partial charge is 0.508 e. The fourth-order valence-electron chi connectivity index (χ4n) is 6.64. The molecule has 0 aliphatic heterocycles. The van der Waals surface area contributed by atoms with E-state index in [9.17, 15) is 14.7 Å². The summed E-state index contributed by atoms with van der Waals surface area (Å²) in [6.07, 6.45) is 7.00. The van der Waals surface area contributed by atoms with Crippen LogP contribution in [0, 0.1) is 23.2 Å². The molecule has 152 valence electrons. The number of Topliss-reactive ketones (excluding diaryl/α,β-unsaturated/α-hetero) is 1. The SMILES string of the molecule is CCOC(=O)CCCC1CC(=O)[C@@]2(C)CC[C@@H]3c4ccc(O)cc4CC[C@H]3[C@H]12. The van der Waals surface area contributed by atoms with Gasteiger partial charge in [-0.2, -0.15) is 0 Å². The van der Waals surface area contributed by atoms with Crippen LogP contribution in [0.5, 0.6) is 5.75 Å².